The fraction of sp³-hybridized carbons (Fsp3) is 0.219. The Bertz CT molecular complexity index is 1690. The number of nitrogens with zero attached hydrogens (tertiary/aromatic N) is 1. The lowest BCUT2D eigenvalue weighted by Gasteiger charge is -2.12. The zero-order chi connectivity index (χ0) is 27.9. The van der Waals surface area contributed by atoms with E-state index in [0.717, 1.165) is 10.9 Å². The van der Waals surface area contributed by atoms with Gasteiger partial charge >= 0.3 is 0 Å². The molecule has 0 spiro atoms. The monoisotopic (exact) mass is 554 g/mol. The summed E-state index contributed by atoms with van der Waals surface area (Å²) in [7, 11) is 0. The second-order valence-corrected chi connectivity index (χ2v) is 10.2. The van der Waals surface area contributed by atoms with E-state index in [0.29, 0.717) is 52.2 Å². The van der Waals surface area contributed by atoms with Crippen LogP contribution >= 0.6 is 11.3 Å². The number of carbonyl (C=O) groups is 2. The number of ether oxygens (including phenoxy) is 2. The van der Waals surface area contributed by atoms with Crippen molar-refractivity contribution in [2.75, 3.05) is 26.4 Å². The molecule has 204 valence electrons. The van der Waals surface area contributed by atoms with E-state index >= 15 is 0 Å². The Morgan fingerprint density at radius 2 is 1.60 bits per heavy atom. The minimum absolute atomic E-state index is 0.133. The summed E-state index contributed by atoms with van der Waals surface area (Å²) >= 11 is 1.23. The van der Waals surface area contributed by atoms with E-state index in [9.17, 15) is 14.4 Å². The molecule has 3 aromatic carbocycles. The molecule has 7 nitrogen and oxygen atoms in total. The largest absolute Gasteiger partial charge is 0.489 e. The number of hydrogen-bond donors (Lipinski definition) is 1. The van der Waals surface area contributed by atoms with E-state index in [1.807, 2.05) is 67.6 Å². The van der Waals surface area contributed by atoms with Gasteiger partial charge in [-0.2, -0.15) is 0 Å². The molecule has 0 fully saturated rings. The predicted molar refractivity (Wildman–Crippen MR) is 159 cm³/mol. The van der Waals surface area contributed by atoms with Crippen LogP contribution in [-0.2, 0) is 17.7 Å². The fourth-order valence-electron chi connectivity index (χ4n) is 4.64. The van der Waals surface area contributed by atoms with Gasteiger partial charge in [-0.25, -0.2) is 0 Å². The van der Waals surface area contributed by atoms with Crippen LogP contribution in [0.5, 0.6) is 5.75 Å². The Kier molecular flexibility index (Phi) is 8.68. The van der Waals surface area contributed by atoms with Crippen molar-refractivity contribution in [1.82, 2.24) is 9.88 Å². The van der Waals surface area contributed by atoms with Gasteiger partial charge in [-0.1, -0.05) is 78.9 Å². The number of fused-ring (bicyclic) bond motifs is 3. The van der Waals surface area contributed by atoms with Crippen LogP contribution in [0.3, 0.4) is 0 Å². The third kappa shape index (κ3) is 5.83. The van der Waals surface area contributed by atoms with Crippen molar-refractivity contribution in [1.29, 1.82) is 0 Å². The number of rotatable bonds is 12. The molecular formula is C32H30N2O5S. The third-order valence-electron chi connectivity index (χ3n) is 6.59. The summed E-state index contributed by atoms with van der Waals surface area (Å²) in [5.74, 6) is -0.257. The van der Waals surface area contributed by atoms with Gasteiger partial charge in [0, 0.05) is 24.1 Å². The molecule has 0 aliphatic rings. The van der Waals surface area contributed by atoms with E-state index in [4.69, 9.17) is 9.47 Å². The first-order chi connectivity index (χ1) is 19.6. The molecule has 0 atom stereocenters. The average molecular weight is 555 g/mol. The molecule has 2 aromatic heterocycles. The van der Waals surface area contributed by atoms with Crippen LogP contribution in [0.15, 0.2) is 89.7 Å². The number of pyridine rings is 1. The second-order valence-electron chi connectivity index (χ2n) is 9.20. The molecule has 8 heteroatoms. The van der Waals surface area contributed by atoms with Gasteiger partial charge in [0.05, 0.1) is 23.4 Å². The van der Waals surface area contributed by atoms with Crippen LogP contribution in [0.25, 0.3) is 21.0 Å². The molecule has 2 heterocycles. The van der Waals surface area contributed by atoms with E-state index in [1.54, 1.807) is 24.3 Å². The minimum atomic E-state index is -0.371. The summed E-state index contributed by atoms with van der Waals surface area (Å²) in [6, 6.07) is 26.2. The summed E-state index contributed by atoms with van der Waals surface area (Å²) in [6.45, 7) is 3.22. The van der Waals surface area contributed by atoms with Crippen molar-refractivity contribution in [2.45, 2.75) is 19.9 Å². The standard InChI is InChI=1S/C32H30N2O5S/c1-2-38-19-20-39-28-27-29(40-30(28)31(36)33-18-17-22-11-5-3-6-12-22)24-15-9-10-16-25(24)34(32(27)37)21-26(35)23-13-7-4-8-14-23/h3-16H,2,17-21H2,1H3,(H,33,36). The number of para-hydroxylation sites is 1. The maximum atomic E-state index is 14.0. The van der Waals surface area contributed by atoms with Crippen molar-refractivity contribution < 1.29 is 19.1 Å². The Morgan fingerprint density at radius 1 is 0.900 bits per heavy atom. The number of ketones is 1. The van der Waals surface area contributed by atoms with Crippen molar-refractivity contribution >= 4 is 44.0 Å². The molecule has 0 saturated heterocycles. The fourth-order valence-corrected chi connectivity index (χ4v) is 5.83. The predicted octanol–water partition coefficient (Wildman–Crippen LogP) is 5.49. The molecule has 0 bridgehead atoms. The van der Waals surface area contributed by atoms with Crippen molar-refractivity contribution in [3.05, 3.63) is 111 Å². The highest BCUT2D eigenvalue weighted by Gasteiger charge is 2.26. The first-order valence-corrected chi connectivity index (χ1v) is 14.1. The number of benzene rings is 3. The second kappa shape index (κ2) is 12.7. The van der Waals surface area contributed by atoms with Crippen molar-refractivity contribution in [3.63, 3.8) is 0 Å². The topological polar surface area (TPSA) is 86.6 Å². The maximum absolute atomic E-state index is 14.0. The molecule has 40 heavy (non-hydrogen) atoms. The van der Waals surface area contributed by atoms with Gasteiger partial charge in [0.2, 0.25) is 0 Å². The molecule has 0 aliphatic heterocycles. The third-order valence-corrected chi connectivity index (χ3v) is 7.79. The average Bonchev–Trinajstić information content (AvgIpc) is 3.38. The Balaban J connectivity index is 1.57. The summed E-state index contributed by atoms with van der Waals surface area (Å²) in [4.78, 5) is 40.9. The van der Waals surface area contributed by atoms with Gasteiger partial charge in [-0.3, -0.25) is 19.0 Å². The van der Waals surface area contributed by atoms with E-state index in [1.165, 1.54) is 15.9 Å². The summed E-state index contributed by atoms with van der Waals surface area (Å²) in [5.41, 5.74) is 1.89. The van der Waals surface area contributed by atoms with Gasteiger partial charge in [0.25, 0.3) is 11.5 Å². The summed E-state index contributed by atoms with van der Waals surface area (Å²) in [6.07, 6.45) is 0.676. The lowest BCUT2D eigenvalue weighted by atomic mass is 10.1. The molecule has 0 radical (unpaired) electrons. The maximum Gasteiger partial charge on any atom is 0.265 e. The van der Waals surface area contributed by atoms with E-state index < -0.39 is 0 Å². The van der Waals surface area contributed by atoms with Crippen LogP contribution < -0.4 is 15.6 Å². The summed E-state index contributed by atoms with van der Waals surface area (Å²) in [5, 5.41) is 4.06. The molecule has 1 amide bonds. The number of nitrogens with one attached hydrogen (secondary N) is 1. The lowest BCUT2D eigenvalue weighted by molar-refractivity contribution is 0.0941. The zero-order valence-electron chi connectivity index (χ0n) is 22.2. The SMILES string of the molecule is CCOCCOc1c(C(=O)NCCc2ccccc2)sc2c1c(=O)n(CC(=O)c1ccccc1)c1ccccc21. The molecular weight excluding hydrogens is 524 g/mol. The van der Waals surface area contributed by atoms with Gasteiger partial charge in [0.1, 0.15) is 16.9 Å². The quantitative estimate of drug-likeness (QED) is 0.163. The first-order valence-electron chi connectivity index (χ1n) is 13.3. The number of amides is 1. The Labute approximate surface area is 236 Å². The van der Waals surface area contributed by atoms with Crippen LogP contribution in [0.4, 0.5) is 0 Å². The molecule has 0 aliphatic carbocycles. The van der Waals surface area contributed by atoms with Gasteiger partial charge in [-0.15, -0.1) is 11.3 Å². The molecule has 0 unspecified atom stereocenters. The van der Waals surface area contributed by atoms with Crippen molar-refractivity contribution in [3.8, 4) is 5.75 Å². The van der Waals surface area contributed by atoms with Crippen LogP contribution in [0.1, 0.15) is 32.5 Å². The smallest absolute Gasteiger partial charge is 0.265 e. The van der Waals surface area contributed by atoms with Crippen LogP contribution in [0, 0.1) is 0 Å². The highest BCUT2D eigenvalue weighted by atomic mass is 32.1. The lowest BCUT2D eigenvalue weighted by Crippen LogP contribution is -2.26. The highest BCUT2D eigenvalue weighted by molar-refractivity contribution is 7.22. The highest BCUT2D eigenvalue weighted by Crippen LogP contribution is 2.39. The number of carbonyl (C=O) groups excluding carboxylic acids is 2. The summed E-state index contributed by atoms with van der Waals surface area (Å²) < 4.78 is 13.6. The minimum Gasteiger partial charge on any atom is -0.489 e. The van der Waals surface area contributed by atoms with Gasteiger partial charge < -0.3 is 14.8 Å². The van der Waals surface area contributed by atoms with Crippen LogP contribution in [-0.4, -0.2) is 42.6 Å². The number of Topliss-reactive ketones (excluding diaryl/α,β-unsaturated/α-hetero) is 1. The van der Waals surface area contributed by atoms with Crippen molar-refractivity contribution in [2.24, 2.45) is 0 Å². The first kappa shape index (κ1) is 27.3. The van der Waals surface area contributed by atoms with E-state index in [2.05, 4.69) is 5.32 Å². The van der Waals surface area contributed by atoms with Crippen LogP contribution in [0.2, 0.25) is 0 Å². The van der Waals surface area contributed by atoms with Gasteiger partial charge in [0.15, 0.2) is 11.5 Å². The number of hydrogen-bond acceptors (Lipinski definition) is 6. The number of aromatic nitrogens is 1. The zero-order valence-corrected chi connectivity index (χ0v) is 23.0. The molecule has 5 rings (SSSR count). The van der Waals surface area contributed by atoms with E-state index in [-0.39, 0.29) is 36.2 Å². The normalized spacial score (nSPS) is 11.1. The Morgan fingerprint density at radius 3 is 2.35 bits per heavy atom. The molecule has 5 aromatic rings. The van der Waals surface area contributed by atoms with Gasteiger partial charge in [-0.05, 0) is 25.0 Å². The molecule has 0 saturated carbocycles. The molecule has 1 N–H and O–H groups in total. The number of thiophene rings is 1. The Hall–Kier alpha value is -4.27.